The second-order valence-corrected chi connectivity index (χ2v) is 4.16. The molecule has 0 spiro atoms. The van der Waals surface area contributed by atoms with E-state index < -0.39 is 5.97 Å². The normalized spacial score (nSPS) is 27.2. The summed E-state index contributed by atoms with van der Waals surface area (Å²) in [6, 6.07) is 0. The lowest BCUT2D eigenvalue weighted by molar-refractivity contribution is -0.138. The predicted octanol–water partition coefficient (Wildman–Crippen LogP) is 3.23. The van der Waals surface area contributed by atoms with Crippen LogP contribution in [-0.2, 0) is 4.79 Å². The van der Waals surface area contributed by atoms with Gasteiger partial charge in [0, 0.05) is 6.42 Å². The fourth-order valence-electron chi connectivity index (χ4n) is 2.35. The molecule has 0 radical (unpaired) electrons. The highest BCUT2D eigenvalue weighted by atomic mass is 16.4. The molecule has 0 bridgehead atoms. The van der Waals surface area contributed by atoms with E-state index in [0.717, 1.165) is 19.3 Å². The molecule has 1 aliphatic carbocycles. The van der Waals surface area contributed by atoms with Crippen LogP contribution in [0.3, 0.4) is 0 Å². The number of hydrogen-bond acceptors (Lipinski definition) is 1. The van der Waals surface area contributed by atoms with E-state index >= 15 is 0 Å². The Morgan fingerprint density at radius 1 is 1.36 bits per heavy atom. The number of carboxylic acid groups (broad SMARTS) is 1. The first-order valence-electron chi connectivity index (χ1n) is 5.60. The molecule has 2 atom stereocenters. The lowest BCUT2D eigenvalue weighted by Crippen LogP contribution is -2.12. The molecule has 0 unspecified atom stereocenters. The minimum absolute atomic E-state index is 0.366. The van der Waals surface area contributed by atoms with Crippen LogP contribution in [0.2, 0.25) is 0 Å². The van der Waals surface area contributed by atoms with Gasteiger partial charge >= 0.3 is 5.97 Å². The van der Waals surface area contributed by atoms with Gasteiger partial charge < -0.3 is 5.11 Å². The van der Waals surface area contributed by atoms with E-state index in [-0.39, 0.29) is 0 Å². The second kappa shape index (κ2) is 5.84. The topological polar surface area (TPSA) is 37.3 Å². The average molecular weight is 196 g/mol. The molecule has 0 aromatic rings. The largest absolute Gasteiger partial charge is 0.481 e. The molecule has 0 heterocycles. The Bertz CT molecular complexity index is 208. The number of aliphatic carboxylic acids is 1. The van der Waals surface area contributed by atoms with E-state index in [1.807, 2.05) is 0 Å². The maximum atomic E-state index is 10.6. The van der Waals surface area contributed by atoms with Gasteiger partial charge in [0.1, 0.15) is 0 Å². The van der Waals surface area contributed by atoms with Crippen LogP contribution in [0.1, 0.15) is 45.4 Å². The van der Waals surface area contributed by atoms with E-state index in [9.17, 15) is 4.79 Å². The van der Waals surface area contributed by atoms with Gasteiger partial charge in [-0.05, 0) is 37.5 Å². The quantitative estimate of drug-likeness (QED) is 0.685. The average Bonchev–Trinajstić information content (AvgIpc) is 2.52. The minimum Gasteiger partial charge on any atom is -0.481 e. The summed E-state index contributed by atoms with van der Waals surface area (Å²) in [7, 11) is 0. The van der Waals surface area contributed by atoms with Crippen molar-refractivity contribution in [3.63, 3.8) is 0 Å². The molecule has 14 heavy (non-hydrogen) atoms. The Hall–Kier alpha value is -0.790. The van der Waals surface area contributed by atoms with Gasteiger partial charge in [0.2, 0.25) is 0 Å². The van der Waals surface area contributed by atoms with Crippen molar-refractivity contribution in [2.24, 2.45) is 11.8 Å². The first-order chi connectivity index (χ1) is 6.74. The molecular weight excluding hydrogens is 176 g/mol. The predicted molar refractivity (Wildman–Crippen MR) is 57.1 cm³/mol. The second-order valence-electron chi connectivity index (χ2n) is 4.16. The van der Waals surface area contributed by atoms with Gasteiger partial charge in [-0.3, -0.25) is 4.79 Å². The molecular formula is C12H20O2. The van der Waals surface area contributed by atoms with Crippen molar-refractivity contribution in [3.8, 4) is 0 Å². The molecule has 1 aliphatic rings. The van der Waals surface area contributed by atoms with Gasteiger partial charge in [-0.1, -0.05) is 25.5 Å². The molecule has 1 fully saturated rings. The van der Waals surface area contributed by atoms with E-state index in [4.69, 9.17) is 5.11 Å². The van der Waals surface area contributed by atoms with Gasteiger partial charge in [-0.2, -0.15) is 0 Å². The summed E-state index contributed by atoms with van der Waals surface area (Å²) in [6.45, 7) is 2.12. The highest BCUT2D eigenvalue weighted by Gasteiger charge is 2.27. The zero-order valence-corrected chi connectivity index (χ0v) is 8.91. The molecule has 1 N–H and O–H groups in total. The summed E-state index contributed by atoms with van der Waals surface area (Å²) >= 11 is 0. The van der Waals surface area contributed by atoms with Crippen molar-refractivity contribution in [3.05, 3.63) is 12.2 Å². The number of rotatable bonds is 5. The molecule has 0 aromatic heterocycles. The van der Waals surface area contributed by atoms with Crippen LogP contribution in [0, 0.1) is 11.8 Å². The Morgan fingerprint density at radius 2 is 2.07 bits per heavy atom. The summed E-state index contributed by atoms with van der Waals surface area (Å²) in [4.78, 5) is 10.6. The van der Waals surface area contributed by atoms with Crippen molar-refractivity contribution >= 4 is 5.97 Å². The smallest absolute Gasteiger partial charge is 0.303 e. The van der Waals surface area contributed by atoms with Crippen LogP contribution in [0.25, 0.3) is 0 Å². The van der Waals surface area contributed by atoms with Crippen LogP contribution >= 0.6 is 0 Å². The summed E-state index contributed by atoms with van der Waals surface area (Å²) in [5.41, 5.74) is 0. The lowest BCUT2D eigenvalue weighted by Gasteiger charge is -2.15. The zero-order valence-electron chi connectivity index (χ0n) is 8.91. The standard InChI is InChI=1S/C12H20O2/c1-2-3-4-6-10-7-5-8-11(10)9-12(13)14/h3-4,10-11H,2,5-9H2,1H3,(H,13,14)/b4-3+/t10-,11+/m0/s1. The summed E-state index contributed by atoms with van der Waals surface area (Å²) < 4.78 is 0. The van der Waals surface area contributed by atoms with Crippen LogP contribution in [0.5, 0.6) is 0 Å². The Kier molecular flexibility index (Phi) is 4.71. The van der Waals surface area contributed by atoms with Gasteiger partial charge in [-0.15, -0.1) is 0 Å². The molecule has 0 aliphatic heterocycles. The van der Waals surface area contributed by atoms with E-state index in [1.54, 1.807) is 0 Å². The number of hydrogen-bond donors (Lipinski definition) is 1. The minimum atomic E-state index is -0.638. The number of allylic oxidation sites excluding steroid dienone is 2. The summed E-state index contributed by atoms with van der Waals surface area (Å²) in [6.07, 6.45) is 10.4. The first kappa shape index (κ1) is 11.3. The SMILES string of the molecule is CC/C=C/C[C@H]1CCC[C@@H]1CC(=O)O. The van der Waals surface area contributed by atoms with Gasteiger partial charge in [0.05, 0.1) is 0 Å². The molecule has 1 rings (SSSR count). The van der Waals surface area contributed by atoms with Crippen LogP contribution < -0.4 is 0 Å². The van der Waals surface area contributed by atoms with Crippen molar-refractivity contribution in [1.82, 2.24) is 0 Å². The number of carboxylic acids is 1. The van der Waals surface area contributed by atoms with Crippen LogP contribution in [0.4, 0.5) is 0 Å². The molecule has 2 nitrogen and oxygen atoms in total. The molecule has 0 amide bonds. The third kappa shape index (κ3) is 3.52. The fourth-order valence-corrected chi connectivity index (χ4v) is 2.35. The van der Waals surface area contributed by atoms with Crippen molar-refractivity contribution in [2.45, 2.75) is 45.4 Å². The van der Waals surface area contributed by atoms with E-state index in [2.05, 4.69) is 19.1 Å². The van der Waals surface area contributed by atoms with Gasteiger partial charge in [-0.25, -0.2) is 0 Å². The third-order valence-electron chi connectivity index (χ3n) is 3.09. The van der Waals surface area contributed by atoms with Crippen LogP contribution in [0.15, 0.2) is 12.2 Å². The third-order valence-corrected chi connectivity index (χ3v) is 3.09. The van der Waals surface area contributed by atoms with Gasteiger partial charge in [0.15, 0.2) is 0 Å². The van der Waals surface area contributed by atoms with E-state index in [0.29, 0.717) is 18.3 Å². The lowest BCUT2D eigenvalue weighted by atomic mass is 9.90. The number of carbonyl (C=O) groups is 1. The van der Waals surface area contributed by atoms with Crippen molar-refractivity contribution in [2.75, 3.05) is 0 Å². The molecule has 0 aromatic carbocycles. The van der Waals surface area contributed by atoms with Gasteiger partial charge in [0.25, 0.3) is 0 Å². The Morgan fingerprint density at radius 3 is 2.71 bits per heavy atom. The molecule has 2 heteroatoms. The highest BCUT2D eigenvalue weighted by molar-refractivity contribution is 5.67. The summed E-state index contributed by atoms with van der Waals surface area (Å²) in [5, 5.41) is 8.75. The molecule has 80 valence electrons. The Balaban J connectivity index is 2.35. The van der Waals surface area contributed by atoms with Crippen LogP contribution in [-0.4, -0.2) is 11.1 Å². The monoisotopic (exact) mass is 196 g/mol. The highest BCUT2D eigenvalue weighted by Crippen LogP contribution is 2.36. The fraction of sp³-hybridized carbons (Fsp3) is 0.750. The first-order valence-corrected chi connectivity index (χ1v) is 5.60. The summed E-state index contributed by atoms with van der Waals surface area (Å²) in [5.74, 6) is 0.407. The maximum absolute atomic E-state index is 10.6. The van der Waals surface area contributed by atoms with Crippen molar-refractivity contribution < 1.29 is 9.90 Å². The van der Waals surface area contributed by atoms with Crippen molar-refractivity contribution in [1.29, 1.82) is 0 Å². The Labute approximate surface area is 86.0 Å². The maximum Gasteiger partial charge on any atom is 0.303 e. The molecule has 0 saturated heterocycles. The molecule has 1 saturated carbocycles. The zero-order chi connectivity index (χ0) is 10.4. The van der Waals surface area contributed by atoms with E-state index in [1.165, 1.54) is 12.8 Å².